The zero-order valence-corrected chi connectivity index (χ0v) is 10.5. The van der Waals surface area contributed by atoms with E-state index in [1.54, 1.807) is 6.07 Å². The molecule has 0 aromatic heterocycles. The van der Waals surface area contributed by atoms with Crippen LogP contribution in [0.1, 0.15) is 12.5 Å². The number of rotatable bonds is 2. The minimum absolute atomic E-state index is 0.00397. The average molecular weight is 254 g/mol. The number of hydrogen-bond donors (Lipinski definition) is 2. The molecule has 0 bridgehead atoms. The number of anilines is 1. The third-order valence-corrected chi connectivity index (χ3v) is 3.25. The first kappa shape index (κ1) is 12.2. The van der Waals surface area contributed by atoms with Crippen LogP contribution in [-0.2, 0) is 4.74 Å². The molecule has 1 unspecified atom stereocenters. The number of amidine groups is 1. The van der Waals surface area contributed by atoms with Crippen LogP contribution in [0.5, 0.6) is 0 Å². The van der Waals surface area contributed by atoms with Crippen LogP contribution in [0.3, 0.4) is 0 Å². The van der Waals surface area contributed by atoms with Crippen molar-refractivity contribution in [2.24, 2.45) is 5.73 Å². The number of nitrogen functional groups attached to an aromatic ring is 1. The maximum absolute atomic E-state index is 7.64. The van der Waals surface area contributed by atoms with Crippen molar-refractivity contribution in [3.63, 3.8) is 0 Å². The van der Waals surface area contributed by atoms with Crippen molar-refractivity contribution in [2.75, 3.05) is 24.7 Å². The molecule has 1 aromatic rings. The summed E-state index contributed by atoms with van der Waals surface area (Å²) in [5.74, 6) is 0.00397. The number of halogens is 1. The van der Waals surface area contributed by atoms with Crippen molar-refractivity contribution in [2.45, 2.75) is 13.0 Å². The number of ether oxygens (including phenoxy) is 1. The molecule has 1 aliphatic heterocycles. The molecular formula is C12H16ClN3O. The molecule has 2 rings (SSSR count). The molecule has 0 radical (unpaired) electrons. The van der Waals surface area contributed by atoms with Crippen molar-refractivity contribution < 1.29 is 4.74 Å². The Morgan fingerprint density at radius 2 is 2.35 bits per heavy atom. The summed E-state index contributed by atoms with van der Waals surface area (Å²) in [6.45, 7) is 4.25. The maximum Gasteiger partial charge on any atom is 0.126 e. The fraction of sp³-hybridized carbons (Fsp3) is 0.417. The molecule has 0 amide bonds. The van der Waals surface area contributed by atoms with Crippen LogP contribution < -0.4 is 10.6 Å². The Kier molecular flexibility index (Phi) is 3.54. The summed E-state index contributed by atoms with van der Waals surface area (Å²) in [6.07, 6.45) is 0. The molecule has 1 heterocycles. The summed E-state index contributed by atoms with van der Waals surface area (Å²) in [7, 11) is 0. The van der Waals surface area contributed by atoms with Gasteiger partial charge in [0.05, 0.1) is 23.8 Å². The van der Waals surface area contributed by atoms with Gasteiger partial charge in [0.2, 0.25) is 0 Å². The molecule has 1 saturated heterocycles. The Morgan fingerprint density at radius 1 is 1.59 bits per heavy atom. The lowest BCUT2D eigenvalue weighted by Crippen LogP contribution is -2.44. The molecule has 17 heavy (non-hydrogen) atoms. The van der Waals surface area contributed by atoms with E-state index in [4.69, 9.17) is 27.5 Å². The SMILES string of the molecule is CC1COCCN1c1cccc(Cl)c1C(=N)N. The van der Waals surface area contributed by atoms with Gasteiger partial charge < -0.3 is 15.4 Å². The van der Waals surface area contributed by atoms with Gasteiger partial charge >= 0.3 is 0 Å². The Bertz CT molecular complexity index is 436. The summed E-state index contributed by atoms with van der Waals surface area (Å²) < 4.78 is 5.40. The first-order chi connectivity index (χ1) is 8.11. The van der Waals surface area contributed by atoms with Crippen LogP contribution >= 0.6 is 11.6 Å². The molecule has 0 spiro atoms. The highest BCUT2D eigenvalue weighted by Gasteiger charge is 2.23. The maximum atomic E-state index is 7.64. The Labute approximate surface area is 106 Å². The van der Waals surface area contributed by atoms with Crippen LogP contribution in [0.25, 0.3) is 0 Å². The van der Waals surface area contributed by atoms with E-state index in [-0.39, 0.29) is 11.9 Å². The van der Waals surface area contributed by atoms with E-state index in [0.717, 1.165) is 12.2 Å². The topological polar surface area (TPSA) is 62.3 Å². The minimum atomic E-state index is 0.00397. The highest BCUT2D eigenvalue weighted by Crippen LogP contribution is 2.29. The Morgan fingerprint density at radius 3 is 3.00 bits per heavy atom. The van der Waals surface area contributed by atoms with Gasteiger partial charge in [-0.15, -0.1) is 0 Å². The smallest absolute Gasteiger partial charge is 0.126 e. The number of benzene rings is 1. The number of nitrogens with one attached hydrogen (secondary N) is 1. The quantitative estimate of drug-likeness (QED) is 0.625. The zero-order valence-electron chi connectivity index (χ0n) is 9.74. The van der Waals surface area contributed by atoms with Crippen molar-refractivity contribution >= 4 is 23.1 Å². The summed E-state index contributed by atoms with van der Waals surface area (Å²) in [5, 5.41) is 8.16. The molecule has 3 N–H and O–H groups in total. The second-order valence-corrected chi connectivity index (χ2v) is 4.57. The van der Waals surface area contributed by atoms with Crippen molar-refractivity contribution in [3.05, 3.63) is 28.8 Å². The van der Waals surface area contributed by atoms with E-state index in [1.165, 1.54) is 0 Å². The summed E-state index contributed by atoms with van der Waals surface area (Å²) in [4.78, 5) is 2.19. The molecule has 4 nitrogen and oxygen atoms in total. The van der Waals surface area contributed by atoms with Gasteiger partial charge in [-0.2, -0.15) is 0 Å². The van der Waals surface area contributed by atoms with E-state index in [9.17, 15) is 0 Å². The van der Waals surface area contributed by atoms with Gasteiger partial charge in [0.25, 0.3) is 0 Å². The summed E-state index contributed by atoms with van der Waals surface area (Å²) in [6, 6.07) is 5.85. The predicted octanol–water partition coefficient (Wildman–Crippen LogP) is 1.85. The van der Waals surface area contributed by atoms with E-state index >= 15 is 0 Å². The van der Waals surface area contributed by atoms with Crippen molar-refractivity contribution in [3.8, 4) is 0 Å². The second-order valence-electron chi connectivity index (χ2n) is 4.16. The second kappa shape index (κ2) is 4.94. The molecule has 1 aromatic carbocycles. The Balaban J connectivity index is 2.43. The molecule has 5 heteroatoms. The molecular weight excluding hydrogens is 238 g/mol. The van der Waals surface area contributed by atoms with Gasteiger partial charge in [0.1, 0.15) is 5.84 Å². The van der Waals surface area contributed by atoms with Crippen molar-refractivity contribution in [1.29, 1.82) is 5.41 Å². The molecule has 1 aliphatic rings. The molecule has 1 atom stereocenters. The average Bonchev–Trinajstić information content (AvgIpc) is 2.28. The zero-order chi connectivity index (χ0) is 12.4. The van der Waals surface area contributed by atoms with Gasteiger partial charge in [-0.1, -0.05) is 17.7 Å². The lowest BCUT2D eigenvalue weighted by Gasteiger charge is -2.36. The van der Waals surface area contributed by atoms with Crippen LogP contribution in [0.2, 0.25) is 5.02 Å². The van der Waals surface area contributed by atoms with Crippen LogP contribution in [0.4, 0.5) is 5.69 Å². The predicted molar refractivity (Wildman–Crippen MR) is 70.1 cm³/mol. The monoisotopic (exact) mass is 253 g/mol. The van der Waals surface area contributed by atoms with Crippen LogP contribution in [0, 0.1) is 5.41 Å². The largest absolute Gasteiger partial charge is 0.384 e. The van der Waals surface area contributed by atoms with Crippen LogP contribution in [0.15, 0.2) is 18.2 Å². The lowest BCUT2D eigenvalue weighted by atomic mass is 10.1. The number of nitrogens with two attached hydrogens (primary N) is 1. The van der Waals surface area contributed by atoms with Gasteiger partial charge in [-0.3, -0.25) is 5.41 Å². The number of morpholine rings is 1. The number of hydrogen-bond acceptors (Lipinski definition) is 3. The lowest BCUT2D eigenvalue weighted by molar-refractivity contribution is 0.0989. The van der Waals surface area contributed by atoms with Crippen molar-refractivity contribution in [1.82, 2.24) is 0 Å². The van der Waals surface area contributed by atoms with E-state index < -0.39 is 0 Å². The number of nitrogens with zero attached hydrogens (tertiary/aromatic N) is 1. The molecule has 92 valence electrons. The highest BCUT2D eigenvalue weighted by molar-refractivity contribution is 6.34. The van der Waals surface area contributed by atoms with Gasteiger partial charge in [-0.25, -0.2) is 0 Å². The fourth-order valence-corrected chi connectivity index (χ4v) is 2.38. The highest BCUT2D eigenvalue weighted by atomic mass is 35.5. The third-order valence-electron chi connectivity index (χ3n) is 2.94. The molecule has 0 saturated carbocycles. The van der Waals surface area contributed by atoms with E-state index in [1.807, 2.05) is 12.1 Å². The minimum Gasteiger partial charge on any atom is -0.384 e. The summed E-state index contributed by atoms with van der Waals surface area (Å²) >= 11 is 6.11. The van der Waals surface area contributed by atoms with Gasteiger partial charge in [0, 0.05) is 18.3 Å². The Hall–Kier alpha value is -1.26. The fourth-order valence-electron chi connectivity index (χ4n) is 2.10. The summed E-state index contributed by atoms with van der Waals surface area (Å²) in [5.41, 5.74) is 7.14. The molecule has 1 fully saturated rings. The van der Waals surface area contributed by atoms with Crippen LogP contribution in [-0.4, -0.2) is 31.6 Å². The van der Waals surface area contributed by atoms with Gasteiger partial charge in [-0.05, 0) is 19.1 Å². The normalized spacial score (nSPS) is 20.4. The van der Waals surface area contributed by atoms with E-state index in [2.05, 4.69) is 11.8 Å². The standard InChI is InChI=1S/C12H16ClN3O/c1-8-7-17-6-5-16(8)10-4-2-3-9(13)11(10)12(14)15/h2-4,8H,5-7H2,1H3,(H3,14,15). The van der Waals surface area contributed by atoms with Gasteiger partial charge in [0.15, 0.2) is 0 Å². The first-order valence-corrected chi connectivity index (χ1v) is 5.96. The first-order valence-electron chi connectivity index (χ1n) is 5.58. The molecule has 0 aliphatic carbocycles. The van der Waals surface area contributed by atoms with E-state index in [0.29, 0.717) is 23.8 Å². The third kappa shape index (κ3) is 2.37.